The van der Waals surface area contributed by atoms with Crippen LogP contribution in [0.25, 0.3) is 0 Å². The maximum atomic E-state index is 9.55. The molecule has 2 fully saturated rings. The van der Waals surface area contributed by atoms with Gasteiger partial charge in [-0.25, -0.2) is 14.6 Å². The van der Waals surface area contributed by atoms with Crippen molar-refractivity contribution >= 4 is 33.6 Å². The van der Waals surface area contributed by atoms with Crippen LogP contribution in [0.1, 0.15) is 12.0 Å². The van der Waals surface area contributed by atoms with E-state index in [2.05, 4.69) is 43.3 Å². The Bertz CT molecular complexity index is 719. The summed E-state index contributed by atoms with van der Waals surface area (Å²) in [5.74, 6) is -1.74. The average molecular weight is 423 g/mol. The second kappa shape index (κ2) is 9.31. The normalized spacial score (nSPS) is 21.0. The number of rotatable bonds is 4. The van der Waals surface area contributed by atoms with Crippen LogP contribution in [0.5, 0.6) is 0 Å². The Labute approximate surface area is 159 Å². The van der Waals surface area contributed by atoms with Gasteiger partial charge in [0.15, 0.2) is 0 Å². The summed E-state index contributed by atoms with van der Waals surface area (Å²) in [6.45, 7) is 3.31. The Kier molecular flexibility index (Phi) is 7.12. The topological polar surface area (TPSA) is 127 Å². The first-order valence-electron chi connectivity index (χ1n) is 8.04. The molecule has 3 N–H and O–H groups in total. The molecule has 1 aromatic heterocycles. The van der Waals surface area contributed by atoms with E-state index >= 15 is 0 Å². The fourth-order valence-corrected chi connectivity index (χ4v) is 3.42. The molecule has 138 valence electrons. The van der Waals surface area contributed by atoms with Gasteiger partial charge in [0.2, 0.25) is 0 Å². The van der Waals surface area contributed by atoms with E-state index < -0.39 is 11.9 Å². The number of pyridine rings is 1. The summed E-state index contributed by atoms with van der Waals surface area (Å²) in [6.07, 6.45) is 4.69. The molecule has 0 bridgehead atoms. The van der Waals surface area contributed by atoms with Gasteiger partial charge in [-0.15, -0.1) is 0 Å². The summed E-state index contributed by atoms with van der Waals surface area (Å²) in [4.78, 5) is 25.8. The van der Waals surface area contributed by atoms with Gasteiger partial charge in [0.05, 0.1) is 24.4 Å². The van der Waals surface area contributed by atoms with Gasteiger partial charge in [-0.2, -0.15) is 5.26 Å². The number of nitriles is 1. The second-order valence-corrected chi connectivity index (χ2v) is 6.75. The first-order chi connectivity index (χ1) is 12.4. The summed E-state index contributed by atoms with van der Waals surface area (Å²) in [6, 6.07) is 4.90. The number of hydrogen-bond acceptors (Lipinski definition) is 6. The fourth-order valence-electron chi connectivity index (χ4n) is 3.07. The highest BCUT2D eigenvalue weighted by atomic mass is 79.9. The number of carboxylic acid groups (broad SMARTS) is 2. The van der Waals surface area contributed by atoms with Crippen molar-refractivity contribution in [3.05, 3.63) is 34.6 Å². The molecule has 0 saturated carbocycles. The number of aliphatic carboxylic acids is 2. The monoisotopic (exact) mass is 422 g/mol. The number of carbonyl (C=O) groups is 2. The number of nitrogens with zero attached hydrogens (tertiary/aromatic N) is 3. The predicted octanol–water partition coefficient (Wildman–Crippen LogP) is 1.42. The van der Waals surface area contributed by atoms with Crippen LogP contribution in [0.2, 0.25) is 0 Å². The SMILES string of the molecule is N#CCc1cc(N2C[C@H]3CCN[C@H]3C2)cnc1Br.O=C(O)/C=C/C(=O)O. The predicted molar refractivity (Wildman–Crippen MR) is 97.8 cm³/mol. The minimum absolute atomic E-state index is 0.403. The molecule has 2 atom stereocenters. The standard InChI is InChI=1S/C13H15BrN4.C4H4O4/c14-13-9(1-3-15)5-11(6-17-13)18-7-10-2-4-16-12(10)8-18;5-3(6)1-2-4(7)8/h5-6,10,12,16H,1-2,4,7-8H2;1-2H,(H,5,6)(H,7,8)/b;2-1+/t10-,12+;/m1./s1. The van der Waals surface area contributed by atoms with Crippen LogP contribution in [-0.2, 0) is 16.0 Å². The Morgan fingerprint density at radius 2 is 2.08 bits per heavy atom. The first kappa shape index (κ1) is 19.9. The largest absolute Gasteiger partial charge is 0.478 e. The molecule has 9 heteroatoms. The maximum Gasteiger partial charge on any atom is 0.328 e. The molecule has 2 saturated heterocycles. The van der Waals surface area contributed by atoms with Gasteiger partial charge in [-0.05, 0) is 40.9 Å². The third-order valence-electron chi connectivity index (χ3n) is 4.26. The zero-order valence-electron chi connectivity index (χ0n) is 13.9. The van der Waals surface area contributed by atoms with Gasteiger partial charge in [0.25, 0.3) is 0 Å². The summed E-state index contributed by atoms with van der Waals surface area (Å²) in [7, 11) is 0. The molecule has 2 aliphatic rings. The van der Waals surface area contributed by atoms with Crippen molar-refractivity contribution in [1.29, 1.82) is 5.26 Å². The highest BCUT2D eigenvalue weighted by molar-refractivity contribution is 9.10. The minimum atomic E-state index is -1.26. The molecule has 0 radical (unpaired) electrons. The van der Waals surface area contributed by atoms with Crippen molar-refractivity contribution in [1.82, 2.24) is 10.3 Å². The van der Waals surface area contributed by atoms with Gasteiger partial charge in [0, 0.05) is 36.8 Å². The van der Waals surface area contributed by atoms with E-state index in [9.17, 15) is 9.59 Å². The van der Waals surface area contributed by atoms with Crippen molar-refractivity contribution in [2.45, 2.75) is 18.9 Å². The highest BCUT2D eigenvalue weighted by Gasteiger charge is 2.36. The van der Waals surface area contributed by atoms with Crippen molar-refractivity contribution in [3.63, 3.8) is 0 Å². The zero-order chi connectivity index (χ0) is 19.1. The first-order valence-corrected chi connectivity index (χ1v) is 8.83. The molecular weight excluding hydrogens is 404 g/mol. The van der Waals surface area contributed by atoms with E-state index in [4.69, 9.17) is 15.5 Å². The number of halogens is 1. The minimum Gasteiger partial charge on any atom is -0.478 e. The van der Waals surface area contributed by atoms with E-state index in [-0.39, 0.29) is 0 Å². The Morgan fingerprint density at radius 1 is 1.38 bits per heavy atom. The summed E-state index contributed by atoms with van der Waals surface area (Å²) in [5.41, 5.74) is 2.11. The number of aromatic nitrogens is 1. The molecule has 0 aromatic carbocycles. The molecule has 0 unspecified atom stereocenters. The van der Waals surface area contributed by atoms with Crippen molar-refractivity contribution in [2.75, 3.05) is 24.5 Å². The number of carboxylic acids is 2. The summed E-state index contributed by atoms with van der Waals surface area (Å²) >= 11 is 3.40. The van der Waals surface area contributed by atoms with Crippen LogP contribution in [0, 0.1) is 17.2 Å². The number of hydrogen-bond donors (Lipinski definition) is 3. The van der Waals surface area contributed by atoms with Crippen molar-refractivity contribution in [2.24, 2.45) is 5.92 Å². The quantitative estimate of drug-likeness (QED) is 0.490. The van der Waals surface area contributed by atoms with Crippen LogP contribution >= 0.6 is 15.9 Å². The number of anilines is 1. The van der Waals surface area contributed by atoms with Crippen LogP contribution in [0.3, 0.4) is 0 Å². The lowest BCUT2D eigenvalue weighted by Gasteiger charge is -2.20. The van der Waals surface area contributed by atoms with E-state index in [1.54, 1.807) is 0 Å². The second-order valence-electron chi connectivity index (χ2n) is 6.00. The summed E-state index contributed by atoms with van der Waals surface area (Å²) in [5, 5.41) is 28.0. The van der Waals surface area contributed by atoms with Crippen LogP contribution in [-0.4, -0.2) is 52.8 Å². The molecule has 3 heterocycles. The van der Waals surface area contributed by atoms with E-state index in [1.807, 2.05) is 6.20 Å². The van der Waals surface area contributed by atoms with Crippen molar-refractivity contribution in [3.8, 4) is 6.07 Å². The fraction of sp³-hybridized carbons (Fsp3) is 0.412. The van der Waals surface area contributed by atoms with Gasteiger partial charge >= 0.3 is 11.9 Å². The molecule has 0 spiro atoms. The van der Waals surface area contributed by atoms with Gasteiger partial charge in [-0.3, -0.25) is 0 Å². The van der Waals surface area contributed by atoms with E-state index in [1.165, 1.54) is 6.42 Å². The summed E-state index contributed by atoms with van der Waals surface area (Å²) < 4.78 is 0.783. The van der Waals surface area contributed by atoms with Crippen LogP contribution in [0.4, 0.5) is 5.69 Å². The number of fused-ring (bicyclic) bond motifs is 1. The molecular formula is C17H19BrN4O4. The zero-order valence-corrected chi connectivity index (χ0v) is 15.5. The average Bonchev–Trinajstić information content (AvgIpc) is 3.17. The molecule has 0 aliphatic carbocycles. The van der Waals surface area contributed by atoms with E-state index in [0.717, 1.165) is 41.4 Å². The molecule has 2 aliphatic heterocycles. The molecule has 26 heavy (non-hydrogen) atoms. The smallest absolute Gasteiger partial charge is 0.328 e. The Hall–Kier alpha value is -2.44. The lowest BCUT2D eigenvalue weighted by atomic mass is 10.1. The van der Waals surface area contributed by atoms with Crippen LogP contribution in [0.15, 0.2) is 29.0 Å². The molecule has 1 aromatic rings. The Morgan fingerprint density at radius 3 is 2.65 bits per heavy atom. The lowest BCUT2D eigenvalue weighted by Crippen LogP contribution is -2.30. The third-order valence-corrected chi connectivity index (χ3v) is 4.98. The van der Waals surface area contributed by atoms with Gasteiger partial charge in [-0.1, -0.05) is 0 Å². The molecule has 8 nitrogen and oxygen atoms in total. The maximum absolute atomic E-state index is 9.55. The van der Waals surface area contributed by atoms with Crippen molar-refractivity contribution < 1.29 is 19.8 Å². The van der Waals surface area contributed by atoms with Gasteiger partial charge in [0.1, 0.15) is 4.60 Å². The van der Waals surface area contributed by atoms with Crippen LogP contribution < -0.4 is 10.2 Å². The highest BCUT2D eigenvalue weighted by Crippen LogP contribution is 2.30. The number of nitrogens with one attached hydrogen (secondary N) is 1. The molecule has 3 rings (SSSR count). The third kappa shape index (κ3) is 5.54. The Balaban J connectivity index is 0.000000260. The lowest BCUT2D eigenvalue weighted by molar-refractivity contribution is -0.134. The van der Waals surface area contributed by atoms with Gasteiger partial charge < -0.3 is 20.4 Å². The molecule has 0 amide bonds. The van der Waals surface area contributed by atoms with E-state index in [0.29, 0.717) is 24.6 Å².